The van der Waals surface area contributed by atoms with E-state index in [1.807, 2.05) is 18.2 Å². The Morgan fingerprint density at radius 3 is 2.83 bits per heavy atom. The molecule has 1 heterocycles. The molecule has 0 bridgehead atoms. The van der Waals surface area contributed by atoms with Crippen molar-refractivity contribution in [3.8, 4) is 11.5 Å². The molecule has 1 unspecified atom stereocenters. The van der Waals surface area contributed by atoms with Gasteiger partial charge in [0.15, 0.2) is 0 Å². The molecular weight excluding hydrogens is 286 g/mol. The van der Waals surface area contributed by atoms with Gasteiger partial charge in [0.25, 0.3) is 0 Å². The largest absolute Gasteiger partial charge is 0.497 e. The summed E-state index contributed by atoms with van der Waals surface area (Å²) >= 11 is 0. The molecule has 1 atom stereocenters. The zero-order valence-electron chi connectivity index (χ0n) is 13.8. The van der Waals surface area contributed by atoms with Gasteiger partial charge in [-0.05, 0) is 61.6 Å². The van der Waals surface area contributed by atoms with Crippen LogP contribution in [-0.2, 0) is 12.8 Å². The summed E-state index contributed by atoms with van der Waals surface area (Å²) in [5.41, 5.74) is 2.56. The molecule has 3 rings (SSSR count). The predicted octanol–water partition coefficient (Wildman–Crippen LogP) is 3.61. The highest BCUT2D eigenvalue weighted by molar-refractivity contribution is 5.35. The molecule has 1 fully saturated rings. The van der Waals surface area contributed by atoms with Gasteiger partial charge in [0.05, 0.1) is 7.11 Å². The number of ether oxygens (including phenoxy) is 2. The van der Waals surface area contributed by atoms with E-state index in [4.69, 9.17) is 9.47 Å². The highest BCUT2D eigenvalue weighted by Gasteiger charge is 2.15. The smallest absolute Gasteiger partial charge is 0.122 e. The van der Waals surface area contributed by atoms with E-state index in [-0.39, 0.29) is 0 Å². The zero-order valence-corrected chi connectivity index (χ0v) is 13.8. The van der Waals surface area contributed by atoms with Crippen LogP contribution in [0.3, 0.4) is 0 Å². The molecule has 1 aliphatic rings. The van der Waals surface area contributed by atoms with Crippen LogP contribution in [0.15, 0.2) is 48.5 Å². The lowest BCUT2D eigenvalue weighted by molar-refractivity contribution is 0.274. The van der Waals surface area contributed by atoms with Gasteiger partial charge >= 0.3 is 0 Å². The normalized spacial score (nSPS) is 17.2. The van der Waals surface area contributed by atoms with E-state index in [0.717, 1.165) is 37.5 Å². The molecule has 0 radical (unpaired) electrons. The molecule has 0 spiro atoms. The summed E-state index contributed by atoms with van der Waals surface area (Å²) in [7, 11) is 1.71. The molecule has 3 nitrogen and oxygen atoms in total. The Kier molecular flexibility index (Phi) is 5.54. The molecular formula is C20H25NO2. The molecule has 2 aromatic rings. The van der Waals surface area contributed by atoms with E-state index in [2.05, 4.69) is 35.6 Å². The SMILES string of the molecule is COc1cccc(CCc2ccccc2OCC2CCCN2)c1. The average Bonchev–Trinajstić information content (AvgIpc) is 3.12. The third kappa shape index (κ3) is 4.49. The van der Waals surface area contributed by atoms with Gasteiger partial charge in [-0.1, -0.05) is 30.3 Å². The summed E-state index contributed by atoms with van der Waals surface area (Å²) in [5, 5.41) is 3.48. The van der Waals surface area contributed by atoms with Crippen molar-refractivity contribution in [3.05, 3.63) is 59.7 Å². The lowest BCUT2D eigenvalue weighted by Crippen LogP contribution is -2.28. The van der Waals surface area contributed by atoms with E-state index in [1.165, 1.54) is 24.0 Å². The van der Waals surface area contributed by atoms with Crippen LogP contribution in [0.1, 0.15) is 24.0 Å². The second-order valence-corrected chi connectivity index (χ2v) is 6.06. The van der Waals surface area contributed by atoms with Crippen molar-refractivity contribution in [1.29, 1.82) is 0 Å². The lowest BCUT2D eigenvalue weighted by atomic mass is 10.0. The molecule has 23 heavy (non-hydrogen) atoms. The Bertz CT molecular complexity index is 621. The third-order valence-electron chi connectivity index (χ3n) is 4.39. The van der Waals surface area contributed by atoms with Gasteiger partial charge in [-0.2, -0.15) is 0 Å². The number of nitrogens with one attached hydrogen (secondary N) is 1. The first kappa shape index (κ1) is 15.9. The first-order valence-corrected chi connectivity index (χ1v) is 8.42. The Balaban J connectivity index is 1.60. The molecule has 2 aromatic carbocycles. The number of aryl methyl sites for hydroxylation is 2. The number of para-hydroxylation sites is 1. The first-order chi connectivity index (χ1) is 11.3. The van der Waals surface area contributed by atoms with Crippen LogP contribution in [0.25, 0.3) is 0 Å². The van der Waals surface area contributed by atoms with Crippen molar-refractivity contribution in [1.82, 2.24) is 5.32 Å². The Labute approximate surface area is 138 Å². The van der Waals surface area contributed by atoms with Crippen molar-refractivity contribution in [3.63, 3.8) is 0 Å². The summed E-state index contributed by atoms with van der Waals surface area (Å²) in [6.07, 6.45) is 4.43. The predicted molar refractivity (Wildman–Crippen MR) is 93.4 cm³/mol. The fourth-order valence-electron chi connectivity index (χ4n) is 3.05. The van der Waals surface area contributed by atoms with E-state index in [1.54, 1.807) is 7.11 Å². The Morgan fingerprint density at radius 1 is 1.09 bits per heavy atom. The minimum atomic E-state index is 0.501. The summed E-state index contributed by atoms with van der Waals surface area (Å²) < 4.78 is 11.4. The monoisotopic (exact) mass is 311 g/mol. The van der Waals surface area contributed by atoms with Gasteiger partial charge < -0.3 is 14.8 Å². The highest BCUT2D eigenvalue weighted by atomic mass is 16.5. The quantitative estimate of drug-likeness (QED) is 0.847. The van der Waals surface area contributed by atoms with Crippen LogP contribution in [0.5, 0.6) is 11.5 Å². The van der Waals surface area contributed by atoms with Crippen LogP contribution in [0, 0.1) is 0 Å². The molecule has 1 saturated heterocycles. The minimum Gasteiger partial charge on any atom is -0.497 e. The second kappa shape index (κ2) is 8.02. The summed E-state index contributed by atoms with van der Waals surface area (Å²) in [4.78, 5) is 0. The van der Waals surface area contributed by atoms with E-state index < -0.39 is 0 Å². The maximum atomic E-state index is 6.07. The number of methoxy groups -OCH3 is 1. The van der Waals surface area contributed by atoms with Crippen LogP contribution >= 0.6 is 0 Å². The van der Waals surface area contributed by atoms with Crippen molar-refractivity contribution in [2.24, 2.45) is 0 Å². The summed E-state index contributed by atoms with van der Waals surface area (Å²) in [6.45, 7) is 1.88. The molecule has 1 aliphatic heterocycles. The molecule has 0 saturated carbocycles. The molecule has 1 N–H and O–H groups in total. The van der Waals surface area contributed by atoms with Crippen molar-refractivity contribution < 1.29 is 9.47 Å². The van der Waals surface area contributed by atoms with Gasteiger partial charge in [0.1, 0.15) is 18.1 Å². The Hall–Kier alpha value is -2.00. The van der Waals surface area contributed by atoms with Crippen molar-refractivity contribution >= 4 is 0 Å². The maximum Gasteiger partial charge on any atom is 0.122 e. The van der Waals surface area contributed by atoms with Crippen LogP contribution < -0.4 is 14.8 Å². The topological polar surface area (TPSA) is 30.5 Å². The van der Waals surface area contributed by atoms with Crippen LogP contribution in [-0.4, -0.2) is 26.3 Å². The number of rotatable bonds is 7. The van der Waals surface area contributed by atoms with Crippen molar-refractivity contribution in [2.45, 2.75) is 31.7 Å². The van der Waals surface area contributed by atoms with Crippen molar-refractivity contribution in [2.75, 3.05) is 20.3 Å². The van der Waals surface area contributed by atoms with E-state index in [0.29, 0.717) is 6.04 Å². The van der Waals surface area contributed by atoms with E-state index in [9.17, 15) is 0 Å². The third-order valence-corrected chi connectivity index (χ3v) is 4.39. The Morgan fingerprint density at radius 2 is 2.00 bits per heavy atom. The standard InChI is InChI=1S/C20H25NO2/c1-22-19-9-4-6-16(14-19)11-12-17-7-2-3-10-20(17)23-15-18-8-5-13-21-18/h2-4,6-7,9-10,14,18,21H,5,8,11-13,15H2,1H3. The first-order valence-electron chi connectivity index (χ1n) is 8.42. The summed E-state index contributed by atoms with van der Waals surface area (Å²) in [6, 6.07) is 17.2. The van der Waals surface area contributed by atoms with Gasteiger partial charge in [-0.15, -0.1) is 0 Å². The average molecular weight is 311 g/mol. The van der Waals surface area contributed by atoms with Gasteiger partial charge in [0, 0.05) is 6.04 Å². The van der Waals surface area contributed by atoms with Crippen LogP contribution in [0.4, 0.5) is 0 Å². The molecule has 3 heteroatoms. The number of hydrogen-bond acceptors (Lipinski definition) is 3. The lowest BCUT2D eigenvalue weighted by Gasteiger charge is -2.15. The highest BCUT2D eigenvalue weighted by Crippen LogP contribution is 2.22. The number of hydrogen-bond donors (Lipinski definition) is 1. The van der Waals surface area contributed by atoms with E-state index >= 15 is 0 Å². The molecule has 0 aromatic heterocycles. The van der Waals surface area contributed by atoms with Gasteiger partial charge in [0.2, 0.25) is 0 Å². The van der Waals surface area contributed by atoms with Gasteiger partial charge in [-0.3, -0.25) is 0 Å². The fourth-order valence-corrected chi connectivity index (χ4v) is 3.05. The maximum absolute atomic E-state index is 6.07. The minimum absolute atomic E-state index is 0.501. The zero-order chi connectivity index (χ0) is 15.9. The second-order valence-electron chi connectivity index (χ2n) is 6.06. The van der Waals surface area contributed by atoms with Crippen LogP contribution in [0.2, 0.25) is 0 Å². The molecule has 0 aliphatic carbocycles. The molecule has 0 amide bonds. The fraction of sp³-hybridized carbons (Fsp3) is 0.400. The molecule has 122 valence electrons. The van der Waals surface area contributed by atoms with Gasteiger partial charge in [-0.25, -0.2) is 0 Å². The summed E-state index contributed by atoms with van der Waals surface area (Å²) in [5.74, 6) is 1.93. The number of benzene rings is 2.